The van der Waals surface area contributed by atoms with Gasteiger partial charge >= 0.3 is 212 Å². The number of nitrogens with zero attached hydrogens (tertiary/aromatic N) is 2. The molecule has 4 heteroatoms. The van der Waals surface area contributed by atoms with Crippen LogP contribution in [0, 0.1) is 23.2 Å². The Balaban J connectivity index is 1.48. The maximum atomic E-state index is 11.4. The van der Waals surface area contributed by atoms with Crippen molar-refractivity contribution in [1.82, 2.24) is 9.78 Å². The molecule has 1 aromatic heterocycles. The summed E-state index contributed by atoms with van der Waals surface area (Å²) in [4.78, 5) is 0. The van der Waals surface area contributed by atoms with Crippen LogP contribution in [0.4, 0.5) is 0 Å². The number of aliphatic hydroxyl groups is 1. The standard InChI is InChI=1S/C29H51IN2O/c1-7-9-14-28(5)15-12-23-24-10-11-25(27(33)20-32-19-22(18-31-32)21(3)4)29(24,6)16-13-26(23)30(28)17-8-2/h18-19,21,23-27,33H,7-17,20H2,1-6H3. The molecule has 1 saturated heterocycles. The molecule has 0 radical (unpaired) electrons. The van der Waals surface area contributed by atoms with Crippen molar-refractivity contribution in [3.05, 3.63) is 18.0 Å². The fraction of sp³-hybridized carbons (Fsp3) is 0.897. The van der Waals surface area contributed by atoms with E-state index < -0.39 is 19.8 Å². The monoisotopic (exact) mass is 570 g/mol. The zero-order valence-corrected chi connectivity index (χ0v) is 24.5. The molecule has 33 heavy (non-hydrogen) atoms. The van der Waals surface area contributed by atoms with Crippen LogP contribution in [0.3, 0.4) is 0 Å². The number of aromatic nitrogens is 2. The van der Waals surface area contributed by atoms with Crippen molar-refractivity contribution < 1.29 is 5.11 Å². The molecule has 4 rings (SSSR count). The van der Waals surface area contributed by atoms with E-state index in [4.69, 9.17) is 0 Å². The molecule has 2 aliphatic carbocycles. The van der Waals surface area contributed by atoms with Crippen molar-refractivity contribution in [2.24, 2.45) is 23.2 Å². The van der Waals surface area contributed by atoms with Crippen LogP contribution >= 0.6 is 19.8 Å². The molecule has 1 aliphatic heterocycles. The third-order valence-corrected chi connectivity index (χ3v) is 20.1. The van der Waals surface area contributed by atoms with E-state index in [0.717, 1.165) is 19.2 Å². The zero-order chi connectivity index (χ0) is 23.8. The van der Waals surface area contributed by atoms with Crippen molar-refractivity contribution in [3.63, 3.8) is 0 Å². The van der Waals surface area contributed by atoms with Gasteiger partial charge in [0.2, 0.25) is 0 Å². The molecule has 0 amide bonds. The first kappa shape index (κ1) is 26.0. The summed E-state index contributed by atoms with van der Waals surface area (Å²) in [5, 5.41) is 16.0. The third-order valence-electron chi connectivity index (χ3n) is 9.95. The Hall–Kier alpha value is -0.100. The van der Waals surface area contributed by atoms with Crippen LogP contribution < -0.4 is 0 Å². The molecule has 1 aromatic rings. The molecule has 7 atom stereocenters. The Morgan fingerprint density at radius 2 is 1.91 bits per heavy atom. The van der Waals surface area contributed by atoms with E-state index >= 15 is 0 Å². The summed E-state index contributed by atoms with van der Waals surface area (Å²) in [5.41, 5.74) is 1.61. The topological polar surface area (TPSA) is 38.0 Å². The number of alkyl halides is 3. The van der Waals surface area contributed by atoms with Crippen LogP contribution in [-0.4, -0.2) is 32.8 Å². The summed E-state index contributed by atoms with van der Waals surface area (Å²) in [6, 6.07) is 0. The van der Waals surface area contributed by atoms with E-state index in [9.17, 15) is 5.11 Å². The van der Waals surface area contributed by atoms with Crippen LogP contribution in [0.5, 0.6) is 0 Å². The van der Waals surface area contributed by atoms with Gasteiger partial charge in [0, 0.05) is 0 Å². The molecule has 190 valence electrons. The van der Waals surface area contributed by atoms with E-state index in [2.05, 4.69) is 52.8 Å². The molecule has 3 aliphatic rings. The third kappa shape index (κ3) is 4.95. The molecule has 3 nitrogen and oxygen atoms in total. The molecule has 0 aromatic carbocycles. The molecule has 7 unspecified atom stereocenters. The van der Waals surface area contributed by atoms with Crippen LogP contribution in [-0.2, 0) is 6.54 Å². The quantitative estimate of drug-likeness (QED) is 0.243. The second kappa shape index (κ2) is 10.5. The molecular weight excluding hydrogens is 519 g/mol. The van der Waals surface area contributed by atoms with Gasteiger partial charge in [0.05, 0.1) is 0 Å². The Morgan fingerprint density at radius 3 is 2.58 bits per heavy atom. The van der Waals surface area contributed by atoms with Crippen molar-refractivity contribution in [2.75, 3.05) is 4.43 Å². The fourth-order valence-electron chi connectivity index (χ4n) is 8.01. The molecule has 0 spiro atoms. The molecule has 0 bridgehead atoms. The van der Waals surface area contributed by atoms with Gasteiger partial charge in [-0.3, -0.25) is 0 Å². The summed E-state index contributed by atoms with van der Waals surface area (Å²) in [6.45, 7) is 15.2. The van der Waals surface area contributed by atoms with Gasteiger partial charge in [-0.2, -0.15) is 0 Å². The average molecular weight is 571 g/mol. The van der Waals surface area contributed by atoms with Crippen molar-refractivity contribution in [2.45, 2.75) is 132 Å². The number of hydrogen-bond acceptors (Lipinski definition) is 2. The van der Waals surface area contributed by atoms with E-state index in [1.807, 2.05) is 10.9 Å². The van der Waals surface area contributed by atoms with Crippen molar-refractivity contribution in [1.29, 1.82) is 0 Å². The number of hydrogen-bond donors (Lipinski definition) is 1. The molecular formula is C29H51IN2O. The van der Waals surface area contributed by atoms with Gasteiger partial charge in [-0.25, -0.2) is 0 Å². The van der Waals surface area contributed by atoms with E-state index in [0.29, 0.717) is 23.8 Å². The van der Waals surface area contributed by atoms with Gasteiger partial charge in [0.25, 0.3) is 0 Å². The Labute approximate surface area is 211 Å². The van der Waals surface area contributed by atoms with Crippen molar-refractivity contribution in [3.8, 4) is 0 Å². The second-order valence-electron chi connectivity index (χ2n) is 12.4. The normalized spacial score (nSPS) is 38.4. The van der Waals surface area contributed by atoms with Crippen molar-refractivity contribution >= 4 is 19.8 Å². The number of fused-ring (bicyclic) bond motifs is 3. The second-order valence-corrected chi connectivity index (χ2v) is 19.9. The van der Waals surface area contributed by atoms with Gasteiger partial charge in [-0.05, 0) is 0 Å². The first-order valence-corrected chi connectivity index (χ1v) is 17.9. The first-order chi connectivity index (χ1) is 15.7. The Bertz CT molecular complexity index is 777. The minimum absolute atomic E-state index is 0.264. The van der Waals surface area contributed by atoms with Gasteiger partial charge in [-0.1, -0.05) is 0 Å². The fourth-order valence-corrected chi connectivity index (χ4v) is 18.3. The molecule has 2 heterocycles. The van der Waals surface area contributed by atoms with Crippen LogP contribution in [0.1, 0.15) is 117 Å². The SMILES string of the molecule is CCCCC1(C)CCC2C(CCC3(C)C(C(O)Cn4cc(C(C)C)cn4)CCC23)I1CCC. The minimum atomic E-state index is -1.01. The zero-order valence-electron chi connectivity index (χ0n) is 22.3. The summed E-state index contributed by atoms with van der Waals surface area (Å²) < 4.78 is 5.39. The number of aliphatic hydroxyl groups excluding tert-OH is 1. The Kier molecular flexibility index (Phi) is 8.25. The summed E-state index contributed by atoms with van der Waals surface area (Å²) in [5.74, 6) is 2.75. The van der Waals surface area contributed by atoms with Crippen LogP contribution in [0.25, 0.3) is 0 Å². The summed E-state index contributed by atoms with van der Waals surface area (Å²) in [6.07, 6.45) is 18.0. The maximum absolute atomic E-state index is 11.4. The Morgan fingerprint density at radius 1 is 1.12 bits per heavy atom. The van der Waals surface area contributed by atoms with E-state index in [1.54, 1.807) is 4.43 Å². The number of halogens is 1. The predicted octanol–water partition coefficient (Wildman–Crippen LogP) is 7.84. The van der Waals surface area contributed by atoms with Gasteiger partial charge in [0.15, 0.2) is 0 Å². The average Bonchev–Trinajstić information content (AvgIpc) is 3.38. The molecule has 1 N–H and O–H groups in total. The van der Waals surface area contributed by atoms with Gasteiger partial charge in [-0.15, -0.1) is 0 Å². The van der Waals surface area contributed by atoms with Crippen LogP contribution in [0.15, 0.2) is 12.4 Å². The van der Waals surface area contributed by atoms with Gasteiger partial charge < -0.3 is 0 Å². The summed E-state index contributed by atoms with van der Waals surface area (Å²) in [7, 11) is 0. The molecule has 3 fully saturated rings. The summed E-state index contributed by atoms with van der Waals surface area (Å²) >= 11 is -1.01. The number of unbranched alkanes of at least 4 members (excludes halogenated alkanes) is 1. The van der Waals surface area contributed by atoms with E-state index in [1.165, 1.54) is 69.8 Å². The number of rotatable bonds is 9. The van der Waals surface area contributed by atoms with E-state index in [-0.39, 0.29) is 6.10 Å². The molecule has 2 saturated carbocycles. The first-order valence-electron chi connectivity index (χ1n) is 14.1. The van der Waals surface area contributed by atoms with Crippen LogP contribution in [0.2, 0.25) is 0 Å². The predicted molar refractivity (Wildman–Crippen MR) is 149 cm³/mol. The van der Waals surface area contributed by atoms with Gasteiger partial charge in [0.1, 0.15) is 0 Å².